The van der Waals surface area contributed by atoms with Crippen LogP contribution in [0.25, 0.3) is 0 Å². The van der Waals surface area contributed by atoms with Crippen molar-refractivity contribution < 1.29 is 9.53 Å². The van der Waals surface area contributed by atoms with Crippen molar-refractivity contribution in [2.75, 3.05) is 19.8 Å². The van der Waals surface area contributed by atoms with Crippen LogP contribution in [0.1, 0.15) is 62.5 Å². The van der Waals surface area contributed by atoms with Crippen LogP contribution in [0.4, 0.5) is 0 Å². The molecule has 2 heterocycles. The van der Waals surface area contributed by atoms with Crippen LogP contribution in [0, 0.1) is 12.8 Å². The Morgan fingerprint density at radius 3 is 2.95 bits per heavy atom. The van der Waals surface area contributed by atoms with Gasteiger partial charge in [-0.15, -0.1) is 0 Å². The number of aromatic nitrogens is 2. The second-order valence-corrected chi connectivity index (χ2v) is 6.67. The van der Waals surface area contributed by atoms with E-state index in [0.717, 1.165) is 23.9 Å². The Morgan fingerprint density at radius 1 is 1.41 bits per heavy atom. The van der Waals surface area contributed by atoms with Gasteiger partial charge in [-0.3, -0.25) is 4.79 Å². The number of amides is 1. The molecule has 1 saturated carbocycles. The van der Waals surface area contributed by atoms with E-state index in [0.29, 0.717) is 26.2 Å². The quantitative estimate of drug-likeness (QED) is 0.930. The summed E-state index contributed by atoms with van der Waals surface area (Å²) in [6.07, 6.45) is 10.2. The van der Waals surface area contributed by atoms with Crippen LogP contribution in [-0.2, 0) is 9.53 Å². The van der Waals surface area contributed by atoms with Crippen molar-refractivity contribution in [2.24, 2.45) is 5.92 Å². The predicted octanol–water partition coefficient (Wildman–Crippen LogP) is 2.98. The summed E-state index contributed by atoms with van der Waals surface area (Å²) in [7, 11) is 0. The molecule has 1 amide bonds. The Kier molecular flexibility index (Phi) is 5.13. The number of imidazole rings is 1. The van der Waals surface area contributed by atoms with Gasteiger partial charge in [0.1, 0.15) is 11.9 Å². The minimum Gasteiger partial charge on any atom is -0.377 e. The van der Waals surface area contributed by atoms with Gasteiger partial charge in [-0.2, -0.15) is 0 Å². The van der Waals surface area contributed by atoms with E-state index >= 15 is 0 Å². The van der Waals surface area contributed by atoms with E-state index in [1.54, 1.807) is 0 Å². The van der Waals surface area contributed by atoms with Crippen molar-refractivity contribution in [3.05, 3.63) is 17.7 Å². The Hall–Kier alpha value is -1.36. The number of rotatable bonds is 4. The molecule has 1 aliphatic heterocycles. The van der Waals surface area contributed by atoms with E-state index < -0.39 is 0 Å². The SMILES string of the molecule is Cc1cnc(C2COCCN2C(=O)CCC2CCCCC2)[nH]1. The van der Waals surface area contributed by atoms with Crippen molar-refractivity contribution in [1.82, 2.24) is 14.9 Å². The van der Waals surface area contributed by atoms with Gasteiger partial charge in [0.15, 0.2) is 0 Å². The molecule has 0 aromatic carbocycles. The molecule has 0 radical (unpaired) electrons. The van der Waals surface area contributed by atoms with Gasteiger partial charge in [-0.25, -0.2) is 4.98 Å². The first-order chi connectivity index (χ1) is 10.7. The van der Waals surface area contributed by atoms with Gasteiger partial charge in [0.05, 0.1) is 13.2 Å². The molecule has 22 heavy (non-hydrogen) atoms. The van der Waals surface area contributed by atoms with Gasteiger partial charge >= 0.3 is 0 Å². The number of carbonyl (C=O) groups is 1. The van der Waals surface area contributed by atoms with Gasteiger partial charge in [0.25, 0.3) is 0 Å². The molecule has 1 aromatic heterocycles. The molecule has 5 heteroatoms. The third kappa shape index (κ3) is 3.69. The molecule has 1 N–H and O–H groups in total. The Bertz CT molecular complexity index is 494. The number of ether oxygens (including phenoxy) is 1. The molecule has 1 atom stereocenters. The summed E-state index contributed by atoms with van der Waals surface area (Å²) in [6, 6.07) is -0.0543. The van der Waals surface area contributed by atoms with E-state index in [2.05, 4.69) is 9.97 Å². The number of hydrogen-bond acceptors (Lipinski definition) is 3. The third-order valence-corrected chi connectivity index (χ3v) is 4.98. The summed E-state index contributed by atoms with van der Waals surface area (Å²) in [5.41, 5.74) is 1.02. The average Bonchev–Trinajstić information content (AvgIpc) is 3.00. The van der Waals surface area contributed by atoms with E-state index in [9.17, 15) is 4.79 Å². The molecule has 3 rings (SSSR count). The number of carbonyl (C=O) groups excluding carboxylic acids is 1. The number of aromatic amines is 1. The molecule has 2 fully saturated rings. The molecule has 1 aliphatic carbocycles. The fourth-order valence-corrected chi connectivity index (χ4v) is 3.68. The van der Waals surface area contributed by atoms with Crippen LogP contribution < -0.4 is 0 Å². The average molecular weight is 305 g/mol. The van der Waals surface area contributed by atoms with E-state index in [-0.39, 0.29) is 11.9 Å². The molecule has 1 saturated heterocycles. The summed E-state index contributed by atoms with van der Waals surface area (Å²) in [5.74, 6) is 1.86. The van der Waals surface area contributed by atoms with E-state index in [1.807, 2.05) is 18.0 Å². The lowest BCUT2D eigenvalue weighted by Crippen LogP contribution is -2.43. The smallest absolute Gasteiger partial charge is 0.223 e. The van der Waals surface area contributed by atoms with Crippen LogP contribution in [0.5, 0.6) is 0 Å². The monoisotopic (exact) mass is 305 g/mol. The van der Waals surface area contributed by atoms with Crippen molar-refractivity contribution in [3.63, 3.8) is 0 Å². The molecule has 5 nitrogen and oxygen atoms in total. The van der Waals surface area contributed by atoms with Crippen molar-refractivity contribution >= 4 is 5.91 Å². The molecule has 122 valence electrons. The number of aryl methyl sites for hydroxylation is 1. The molecule has 0 bridgehead atoms. The lowest BCUT2D eigenvalue weighted by atomic mass is 9.86. The van der Waals surface area contributed by atoms with E-state index in [1.165, 1.54) is 32.1 Å². The Morgan fingerprint density at radius 2 is 2.23 bits per heavy atom. The minimum atomic E-state index is -0.0543. The first-order valence-corrected chi connectivity index (χ1v) is 8.63. The van der Waals surface area contributed by atoms with Crippen LogP contribution in [0.3, 0.4) is 0 Å². The number of nitrogens with one attached hydrogen (secondary N) is 1. The minimum absolute atomic E-state index is 0.0543. The number of H-pyrrole nitrogens is 1. The van der Waals surface area contributed by atoms with Gasteiger partial charge in [-0.05, 0) is 19.3 Å². The number of morpholine rings is 1. The molecule has 1 unspecified atom stereocenters. The maximum atomic E-state index is 12.7. The van der Waals surface area contributed by atoms with Gasteiger partial charge in [0, 0.05) is 24.9 Å². The lowest BCUT2D eigenvalue weighted by Gasteiger charge is -2.35. The number of nitrogens with zero attached hydrogens (tertiary/aromatic N) is 2. The number of hydrogen-bond donors (Lipinski definition) is 1. The van der Waals surface area contributed by atoms with Gasteiger partial charge in [0.2, 0.25) is 5.91 Å². The predicted molar refractivity (Wildman–Crippen MR) is 84.4 cm³/mol. The normalized spacial score (nSPS) is 23.7. The molecule has 1 aromatic rings. The second-order valence-electron chi connectivity index (χ2n) is 6.67. The van der Waals surface area contributed by atoms with E-state index in [4.69, 9.17) is 4.74 Å². The zero-order valence-electron chi connectivity index (χ0n) is 13.5. The molecule has 0 spiro atoms. The van der Waals surface area contributed by atoms with Crippen molar-refractivity contribution in [3.8, 4) is 0 Å². The largest absolute Gasteiger partial charge is 0.377 e. The van der Waals surface area contributed by atoms with Crippen LogP contribution in [0.2, 0.25) is 0 Å². The maximum Gasteiger partial charge on any atom is 0.223 e. The Labute approximate surface area is 132 Å². The summed E-state index contributed by atoms with van der Waals surface area (Å²) in [6.45, 7) is 3.83. The van der Waals surface area contributed by atoms with Crippen molar-refractivity contribution in [2.45, 2.75) is 57.9 Å². The highest BCUT2D eigenvalue weighted by molar-refractivity contribution is 5.76. The highest BCUT2D eigenvalue weighted by atomic mass is 16.5. The fourth-order valence-electron chi connectivity index (χ4n) is 3.68. The topological polar surface area (TPSA) is 58.2 Å². The second kappa shape index (κ2) is 7.27. The standard InChI is InChI=1S/C17H27N3O2/c1-13-11-18-17(19-13)15-12-22-10-9-20(15)16(21)8-7-14-5-3-2-4-6-14/h11,14-15H,2-10,12H2,1H3,(H,18,19). The molecular formula is C17H27N3O2. The summed E-state index contributed by atoms with van der Waals surface area (Å²) in [5, 5.41) is 0. The zero-order chi connectivity index (χ0) is 15.4. The summed E-state index contributed by atoms with van der Waals surface area (Å²) < 4.78 is 5.57. The van der Waals surface area contributed by atoms with Crippen LogP contribution >= 0.6 is 0 Å². The van der Waals surface area contributed by atoms with Gasteiger partial charge < -0.3 is 14.6 Å². The third-order valence-electron chi connectivity index (χ3n) is 4.98. The van der Waals surface area contributed by atoms with Crippen LogP contribution in [0.15, 0.2) is 6.20 Å². The Balaban J connectivity index is 1.58. The summed E-state index contributed by atoms with van der Waals surface area (Å²) in [4.78, 5) is 22.3. The zero-order valence-corrected chi connectivity index (χ0v) is 13.5. The fraction of sp³-hybridized carbons (Fsp3) is 0.765. The highest BCUT2D eigenvalue weighted by Crippen LogP contribution is 2.29. The lowest BCUT2D eigenvalue weighted by molar-refractivity contribution is -0.140. The highest BCUT2D eigenvalue weighted by Gasteiger charge is 2.30. The molecular weight excluding hydrogens is 278 g/mol. The van der Waals surface area contributed by atoms with Crippen molar-refractivity contribution in [1.29, 1.82) is 0 Å². The first-order valence-electron chi connectivity index (χ1n) is 8.63. The maximum absolute atomic E-state index is 12.7. The first kappa shape index (κ1) is 15.5. The van der Waals surface area contributed by atoms with Crippen LogP contribution in [-0.4, -0.2) is 40.5 Å². The molecule has 2 aliphatic rings. The summed E-state index contributed by atoms with van der Waals surface area (Å²) >= 11 is 0. The van der Waals surface area contributed by atoms with Gasteiger partial charge in [-0.1, -0.05) is 32.1 Å².